The van der Waals surface area contributed by atoms with Crippen LogP contribution in [0, 0.1) is 5.41 Å². The van der Waals surface area contributed by atoms with Crippen molar-refractivity contribution in [3.05, 3.63) is 46.2 Å². The Morgan fingerprint density at radius 1 is 0.944 bits per heavy atom. The van der Waals surface area contributed by atoms with E-state index in [1.807, 2.05) is 66.3 Å². The number of rotatable bonds is 5. The quantitative estimate of drug-likeness (QED) is 0.642. The van der Waals surface area contributed by atoms with Crippen LogP contribution in [0.3, 0.4) is 0 Å². The first kappa shape index (κ1) is 26.2. The lowest BCUT2D eigenvalue weighted by molar-refractivity contribution is -0.117. The van der Waals surface area contributed by atoms with E-state index in [2.05, 4.69) is 15.5 Å². The summed E-state index contributed by atoms with van der Waals surface area (Å²) in [5.41, 5.74) is 1.97. The minimum atomic E-state index is -0.148. The molecule has 0 spiro atoms. The molecule has 2 aromatic rings. The summed E-state index contributed by atoms with van der Waals surface area (Å²) in [5.74, 6) is -0.0157. The van der Waals surface area contributed by atoms with Crippen molar-refractivity contribution in [3.8, 4) is 0 Å². The topological polar surface area (TPSA) is 85.0 Å². The maximum absolute atomic E-state index is 13.3. The molecule has 0 saturated carbocycles. The third kappa shape index (κ3) is 6.64. The van der Waals surface area contributed by atoms with E-state index < -0.39 is 0 Å². The lowest BCUT2D eigenvalue weighted by atomic mass is 9.92. The molecular formula is C27H37N5O3S. The predicted molar refractivity (Wildman–Crippen MR) is 145 cm³/mol. The SMILES string of the molecule is CC(C)(C)CC(=O)Nc1cc(C(=O)N2CCCNCC2)ccc1N1CCN(C(=O)c2cccs2)CC1. The number of anilines is 2. The van der Waals surface area contributed by atoms with Crippen LogP contribution in [0.25, 0.3) is 0 Å². The fourth-order valence-corrected chi connectivity index (χ4v) is 5.35. The lowest BCUT2D eigenvalue weighted by Crippen LogP contribution is -2.48. The minimum absolute atomic E-state index is 0.0112. The van der Waals surface area contributed by atoms with Gasteiger partial charge in [0.1, 0.15) is 0 Å². The number of nitrogens with one attached hydrogen (secondary N) is 2. The number of benzene rings is 1. The van der Waals surface area contributed by atoms with E-state index in [1.54, 1.807) is 0 Å². The van der Waals surface area contributed by atoms with E-state index in [1.165, 1.54) is 11.3 Å². The summed E-state index contributed by atoms with van der Waals surface area (Å²) in [6.45, 7) is 11.7. The molecule has 8 nitrogen and oxygen atoms in total. The Kier molecular flexibility index (Phi) is 8.31. The molecule has 2 saturated heterocycles. The van der Waals surface area contributed by atoms with Crippen molar-refractivity contribution in [1.82, 2.24) is 15.1 Å². The molecule has 0 unspecified atom stereocenters. The zero-order valence-corrected chi connectivity index (χ0v) is 22.3. The molecule has 2 aliphatic rings. The van der Waals surface area contributed by atoms with Gasteiger partial charge in [0.15, 0.2) is 0 Å². The summed E-state index contributed by atoms with van der Waals surface area (Å²) in [5, 5.41) is 8.34. The molecule has 1 aromatic carbocycles. The zero-order valence-electron chi connectivity index (χ0n) is 21.5. The Bertz CT molecular complexity index is 1060. The van der Waals surface area contributed by atoms with E-state index >= 15 is 0 Å². The van der Waals surface area contributed by atoms with Gasteiger partial charge in [0.05, 0.1) is 16.3 Å². The van der Waals surface area contributed by atoms with Crippen LogP contribution in [0.15, 0.2) is 35.7 Å². The van der Waals surface area contributed by atoms with Gasteiger partial charge in [-0.2, -0.15) is 0 Å². The molecule has 2 N–H and O–H groups in total. The van der Waals surface area contributed by atoms with Gasteiger partial charge in [0.2, 0.25) is 5.91 Å². The number of hydrogen-bond donors (Lipinski definition) is 2. The van der Waals surface area contributed by atoms with Gasteiger partial charge in [-0.15, -0.1) is 11.3 Å². The van der Waals surface area contributed by atoms with Crippen molar-refractivity contribution in [1.29, 1.82) is 0 Å². The number of amides is 3. The van der Waals surface area contributed by atoms with Gasteiger partial charge in [-0.1, -0.05) is 26.8 Å². The van der Waals surface area contributed by atoms with Crippen LogP contribution < -0.4 is 15.5 Å². The van der Waals surface area contributed by atoms with Crippen LogP contribution >= 0.6 is 11.3 Å². The Morgan fingerprint density at radius 3 is 2.39 bits per heavy atom. The first-order valence-electron chi connectivity index (χ1n) is 12.7. The Labute approximate surface area is 217 Å². The van der Waals surface area contributed by atoms with Crippen molar-refractivity contribution in [3.63, 3.8) is 0 Å². The highest BCUT2D eigenvalue weighted by Crippen LogP contribution is 2.30. The molecule has 0 radical (unpaired) electrons. The highest BCUT2D eigenvalue weighted by atomic mass is 32.1. The highest BCUT2D eigenvalue weighted by Gasteiger charge is 2.26. The Morgan fingerprint density at radius 2 is 1.69 bits per heavy atom. The van der Waals surface area contributed by atoms with Crippen LogP contribution in [0.4, 0.5) is 11.4 Å². The van der Waals surface area contributed by atoms with Crippen molar-refractivity contribution in [2.24, 2.45) is 5.41 Å². The predicted octanol–water partition coefficient (Wildman–Crippen LogP) is 3.52. The van der Waals surface area contributed by atoms with Crippen molar-refractivity contribution in [2.75, 3.05) is 62.6 Å². The molecule has 0 bridgehead atoms. The summed E-state index contributed by atoms with van der Waals surface area (Å²) in [6.07, 6.45) is 1.30. The van der Waals surface area contributed by atoms with Gasteiger partial charge < -0.3 is 25.3 Å². The van der Waals surface area contributed by atoms with Crippen molar-refractivity contribution >= 4 is 40.4 Å². The average molecular weight is 512 g/mol. The molecule has 0 aliphatic carbocycles. The normalized spacial score (nSPS) is 17.0. The maximum Gasteiger partial charge on any atom is 0.264 e. The number of hydrogen-bond acceptors (Lipinski definition) is 6. The van der Waals surface area contributed by atoms with E-state index in [9.17, 15) is 14.4 Å². The summed E-state index contributed by atoms with van der Waals surface area (Å²) in [4.78, 5) is 45.6. The summed E-state index contributed by atoms with van der Waals surface area (Å²) in [6, 6.07) is 9.37. The van der Waals surface area contributed by atoms with Crippen LogP contribution in [-0.2, 0) is 4.79 Å². The van der Waals surface area contributed by atoms with Crippen LogP contribution in [0.2, 0.25) is 0 Å². The molecule has 36 heavy (non-hydrogen) atoms. The standard InChI is InChI=1S/C27H37N5O3S/c1-27(2,3)19-24(33)29-21-18-20(25(34)31-11-5-9-28-10-12-31)7-8-22(21)30-13-15-32(16-14-30)26(35)23-6-4-17-36-23/h4,6-8,17-18,28H,5,9-16,19H2,1-3H3,(H,29,33). The highest BCUT2D eigenvalue weighted by molar-refractivity contribution is 7.12. The molecule has 0 atom stereocenters. The molecule has 4 rings (SSSR count). The van der Waals surface area contributed by atoms with Crippen LogP contribution in [0.1, 0.15) is 53.6 Å². The third-order valence-electron chi connectivity index (χ3n) is 6.48. The van der Waals surface area contributed by atoms with Crippen LogP contribution in [0.5, 0.6) is 0 Å². The fraction of sp³-hybridized carbons (Fsp3) is 0.519. The fourth-order valence-electron chi connectivity index (χ4n) is 4.66. The van der Waals surface area contributed by atoms with E-state index in [0.29, 0.717) is 50.4 Å². The number of piperazine rings is 1. The molecule has 2 aliphatic heterocycles. The van der Waals surface area contributed by atoms with Gasteiger partial charge >= 0.3 is 0 Å². The summed E-state index contributed by atoms with van der Waals surface area (Å²) >= 11 is 1.46. The maximum atomic E-state index is 13.3. The average Bonchev–Trinajstić information content (AvgIpc) is 3.24. The zero-order chi connectivity index (χ0) is 25.7. The molecular weight excluding hydrogens is 474 g/mol. The van der Waals surface area contributed by atoms with Gasteiger partial charge in [0, 0.05) is 57.8 Å². The third-order valence-corrected chi connectivity index (χ3v) is 7.33. The van der Waals surface area contributed by atoms with Crippen molar-refractivity contribution < 1.29 is 14.4 Å². The van der Waals surface area contributed by atoms with E-state index in [-0.39, 0.29) is 23.1 Å². The van der Waals surface area contributed by atoms with Gasteiger partial charge in [-0.05, 0) is 48.0 Å². The van der Waals surface area contributed by atoms with Crippen LogP contribution in [-0.4, -0.2) is 79.9 Å². The van der Waals surface area contributed by atoms with Crippen molar-refractivity contribution in [2.45, 2.75) is 33.6 Å². The van der Waals surface area contributed by atoms with E-state index in [4.69, 9.17) is 0 Å². The monoisotopic (exact) mass is 511 g/mol. The lowest BCUT2D eigenvalue weighted by Gasteiger charge is -2.37. The number of carbonyl (C=O) groups excluding carboxylic acids is 3. The van der Waals surface area contributed by atoms with Gasteiger partial charge in [-0.25, -0.2) is 0 Å². The second-order valence-corrected chi connectivity index (χ2v) is 11.6. The first-order chi connectivity index (χ1) is 17.2. The molecule has 3 heterocycles. The Hall–Kier alpha value is -2.91. The minimum Gasteiger partial charge on any atom is -0.366 e. The largest absolute Gasteiger partial charge is 0.366 e. The summed E-state index contributed by atoms with van der Waals surface area (Å²) in [7, 11) is 0. The number of carbonyl (C=O) groups is 3. The molecule has 9 heteroatoms. The molecule has 3 amide bonds. The van der Waals surface area contributed by atoms with Gasteiger partial charge in [-0.3, -0.25) is 14.4 Å². The second kappa shape index (κ2) is 11.4. The number of thiophene rings is 1. The second-order valence-electron chi connectivity index (χ2n) is 10.7. The molecule has 2 fully saturated rings. The smallest absolute Gasteiger partial charge is 0.264 e. The summed E-state index contributed by atoms with van der Waals surface area (Å²) < 4.78 is 0. The number of nitrogens with zero attached hydrogens (tertiary/aromatic N) is 3. The molecule has 1 aromatic heterocycles. The van der Waals surface area contributed by atoms with Gasteiger partial charge in [0.25, 0.3) is 11.8 Å². The Balaban J connectivity index is 1.53. The first-order valence-corrected chi connectivity index (χ1v) is 13.6. The molecule has 194 valence electrons. The van der Waals surface area contributed by atoms with E-state index in [0.717, 1.165) is 36.6 Å².